The zero-order valence-corrected chi connectivity index (χ0v) is 17.0. The predicted molar refractivity (Wildman–Crippen MR) is 115 cm³/mol. The molecule has 0 atom stereocenters. The minimum absolute atomic E-state index is 0.134. The first kappa shape index (κ1) is 19.9. The van der Waals surface area contributed by atoms with E-state index in [1.807, 2.05) is 18.2 Å². The topological polar surface area (TPSA) is 88.6 Å². The summed E-state index contributed by atoms with van der Waals surface area (Å²) in [4.78, 5) is 16.8. The van der Waals surface area contributed by atoms with Crippen LogP contribution in [0.4, 0.5) is 11.4 Å². The monoisotopic (exact) mass is 423 g/mol. The number of ether oxygens (including phenoxy) is 1. The summed E-state index contributed by atoms with van der Waals surface area (Å²) < 4.78 is 31.4. The summed E-state index contributed by atoms with van der Waals surface area (Å²) in [5.41, 5.74) is 2.42. The van der Waals surface area contributed by atoms with Crippen molar-refractivity contribution in [2.24, 2.45) is 0 Å². The largest absolute Gasteiger partial charge is 0.489 e. The molecule has 8 heteroatoms. The molecular weight excluding hydrogens is 402 g/mol. The summed E-state index contributed by atoms with van der Waals surface area (Å²) in [7, 11) is -3.30. The summed E-state index contributed by atoms with van der Waals surface area (Å²) in [5, 5.41) is 2.84. The first-order chi connectivity index (χ1) is 14.5. The molecule has 1 N–H and O–H groups in total. The Bertz CT molecular complexity index is 1150. The van der Waals surface area contributed by atoms with Crippen LogP contribution in [0.5, 0.6) is 5.75 Å². The van der Waals surface area contributed by atoms with Crippen molar-refractivity contribution in [1.82, 2.24) is 4.98 Å². The number of carbonyl (C=O) groups is 1. The number of pyridine rings is 1. The molecule has 30 heavy (non-hydrogen) atoms. The zero-order chi connectivity index (χ0) is 21.0. The smallest absolute Gasteiger partial charge is 0.255 e. The fraction of sp³-hybridized carbons (Fsp3) is 0.182. The molecule has 1 aliphatic heterocycles. The highest BCUT2D eigenvalue weighted by Crippen LogP contribution is 2.25. The molecule has 1 saturated heterocycles. The highest BCUT2D eigenvalue weighted by atomic mass is 32.2. The standard InChI is InChI=1S/C22H21N3O4S/c26-22(18-6-1-8-20(13-18)25-11-4-12-30(25,27)28)24-19-7-2-9-21(14-19)29-16-17-5-3-10-23-15-17/h1-3,5-10,13-15H,4,11-12,16H2,(H,24,26). The maximum Gasteiger partial charge on any atom is 0.255 e. The fourth-order valence-electron chi connectivity index (χ4n) is 3.25. The van der Waals surface area contributed by atoms with E-state index in [1.54, 1.807) is 54.9 Å². The lowest BCUT2D eigenvalue weighted by molar-refractivity contribution is 0.102. The Morgan fingerprint density at radius 3 is 2.73 bits per heavy atom. The lowest BCUT2D eigenvalue weighted by Crippen LogP contribution is -2.25. The third kappa shape index (κ3) is 4.60. The fourth-order valence-corrected chi connectivity index (χ4v) is 4.81. The van der Waals surface area contributed by atoms with Crippen molar-refractivity contribution in [1.29, 1.82) is 0 Å². The predicted octanol–water partition coefficient (Wildman–Crippen LogP) is 3.45. The summed E-state index contributed by atoms with van der Waals surface area (Å²) in [6, 6.07) is 17.5. The van der Waals surface area contributed by atoms with Crippen molar-refractivity contribution < 1.29 is 17.9 Å². The number of amides is 1. The third-order valence-electron chi connectivity index (χ3n) is 4.72. The second kappa shape index (κ2) is 8.54. The molecule has 3 aromatic rings. The van der Waals surface area contributed by atoms with Crippen LogP contribution in [-0.4, -0.2) is 31.6 Å². The van der Waals surface area contributed by atoms with Gasteiger partial charge in [0.2, 0.25) is 10.0 Å². The van der Waals surface area contributed by atoms with Crippen LogP contribution in [0.15, 0.2) is 73.1 Å². The summed E-state index contributed by atoms with van der Waals surface area (Å²) >= 11 is 0. The van der Waals surface area contributed by atoms with Gasteiger partial charge < -0.3 is 10.1 Å². The van der Waals surface area contributed by atoms with E-state index in [4.69, 9.17) is 4.74 Å². The molecule has 0 unspecified atom stereocenters. The van der Waals surface area contributed by atoms with Crippen molar-refractivity contribution in [3.8, 4) is 5.75 Å². The summed E-state index contributed by atoms with van der Waals surface area (Å²) in [5.74, 6) is 0.432. The van der Waals surface area contributed by atoms with E-state index in [-0.39, 0.29) is 11.7 Å². The van der Waals surface area contributed by atoms with Crippen LogP contribution in [0, 0.1) is 0 Å². The first-order valence-electron chi connectivity index (χ1n) is 9.55. The maximum absolute atomic E-state index is 12.7. The lowest BCUT2D eigenvalue weighted by atomic mass is 10.1. The van der Waals surface area contributed by atoms with Crippen molar-refractivity contribution in [3.63, 3.8) is 0 Å². The number of benzene rings is 2. The number of hydrogen-bond acceptors (Lipinski definition) is 5. The van der Waals surface area contributed by atoms with E-state index >= 15 is 0 Å². The van der Waals surface area contributed by atoms with Gasteiger partial charge in [-0.05, 0) is 42.8 Å². The number of anilines is 2. The maximum atomic E-state index is 12.7. The van der Waals surface area contributed by atoms with Crippen molar-refractivity contribution in [2.75, 3.05) is 21.9 Å². The van der Waals surface area contributed by atoms with E-state index in [0.29, 0.717) is 42.3 Å². The van der Waals surface area contributed by atoms with Gasteiger partial charge in [0.25, 0.3) is 5.91 Å². The lowest BCUT2D eigenvalue weighted by Gasteiger charge is -2.17. The number of aromatic nitrogens is 1. The molecule has 0 aliphatic carbocycles. The second-order valence-corrected chi connectivity index (χ2v) is 8.94. The van der Waals surface area contributed by atoms with Crippen LogP contribution >= 0.6 is 0 Å². The van der Waals surface area contributed by atoms with Gasteiger partial charge in [0, 0.05) is 41.8 Å². The molecule has 1 fully saturated rings. The van der Waals surface area contributed by atoms with Gasteiger partial charge in [-0.15, -0.1) is 0 Å². The van der Waals surface area contributed by atoms with Gasteiger partial charge in [0.15, 0.2) is 0 Å². The van der Waals surface area contributed by atoms with Gasteiger partial charge in [0.1, 0.15) is 12.4 Å². The zero-order valence-electron chi connectivity index (χ0n) is 16.2. The average molecular weight is 423 g/mol. The molecule has 1 amide bonds. The molecule has 154 valence electrons. The molecule has 0 saturated carbocycles. The van der Waals surface area contributed by atoms with Crippen molar-refractivity contribution >= 4 is 27.3 Å². The highest BCUT2D eigenvalue weighted by Gasteiger charge is 2.28. The number of carbonyl (C=O) groups excluding carboxylic acids is 1. The Kier molecular flexibility index (Phi) is 5.67. The highest BCUT2D eigenvalue weighted by molar-refractivity contribution is 7.93. The van der Waals surface area contributed by atoms with Crippen LogP contribution in [0.3, 0.4) is 0 Å². The molecule has 0 spiro atoms. The number of nitrogens with zero attached hydrogens (tertiary/aromatic N) is 2. The molecule has 7 nitrogen and oxygen atoms in total. The SMILES string of the molecule is O=C(Nc1cccc(OCc2cccnc2)c1)c1cccc(N2CCCS2(=O)=O)c1. The average Bonchev–Trinajstić information content (AvgIpc) is 3.12. The number of nitrogens with one attached hydrogen (secondary N) is 1. The van der Waals surface area contributed by atoms with Gasteiger partial charge in [-0.2, -0.15) is 0 Å². The normalized spacial score (nSPS) is 15.0. The quantitative estimate of drug-likeness (QED) is 0.656. The minimum Gasteiger partial charge on any atom is -0.489 e. The molecule has 2 heterocycles. The van der Waals surface area contributed by atoms with Crippen molar-refractivity contribution in [2.45, 2.75) is 13.0 Å². The molecule has 1 aliphatic rings. The Balaban J connectivity index is 1.45. The van der Waals surface area contributed by atoms with E-state index in [9.17, 15) is 13.2 Å². The Morgan fingerprint density at radius 2 is 1.97 bits per heavy atom. The number of sulfonamides is 1. The van der Waals surface area contributed by atoms with E-state index < -0.39 is 10.0 Å². The molecule has 2 aromatic carbocycles. The summed E-state index contributed by atoms with van der Waals surface area (Å²) in [6.07, 6.45) is 4.03. The number of rotatable bonds is 6. The van der Waals surface area contributed by atoms with E-state index in [0.717, 1.165) is 5.56 Å². The van der Waals surface area contributed by atoms with E-state index in [2.05, 4.69) is 10.3 Å². The van der Waals surface area contributed by atoms with Crippen LogP contribution in [-0.2, 0) is 16.6 Å². The third-order valence-corrected chi connectivity index (χ3v) is 6.59. The number of hydrogen-bond donors (Lipinski definition) is 1. The molecular formula is C22H21N3O4S. The van der Waals surface area contributed by atoms with Gasteiger partial charge >= 0.3 is 0 Å². The Morgan fingerprint density at radius 1 is 1.10 bits per heavy atom. The molecule has 1 aromatic heterocycles. The van der Waals surface area contributed by atoms with Crippen LogP contribution < -0.4 is 14.4 Å². The van der Waals surface area contributed by atoms with Crippen LogP contribution in [0.25, 0.3) is 0 Å². The van der Waals surface area contributed by atoms with Gasteiger partial charge in [-0.1, -0.05) is 18.2 Å². The second-order valence-electron chi connectivity index (χ2n) is 6.92. The molecule has 0 radical (unpaired) electrons. The van der Waals surface area contributed by atoms with Gasteiger partial charge in [-0.25, -0.2) is 8.42 Å². The van der Waals surface area contributed by atoms with Crippen LogP contribution in [0.2, 0.25) is 0 Å². The van der Waals surface area contributed by atoms with Gasteiger partial charge in [-0.3, -0.25) is 14.1 Å². The Hall–Kier alpha value is -3.39. The molecule has 0 bridgehead atoms. The van der Waals surface area contributed by atoms with Crippen LogP contribution in [0.1, 0.15) is 22.3 Å². The first-order valence-corrected chi connectivity index (χ1v) is 11.2. The van der Waals surface area contributed by atoms with Gasteiger partial charge in [0.05, 0.1) is 11.4 Å². The minimum atomic E-state index is -3.30. The summed E-state index contributed by atoms with van der Waals surface area (Å²) in [6.45, 7) is 0.807. The Labute approximate surface area is 175 Å². The van der Waals surface area contributed by atoms with E-state index in [1.165, 1.54) is 4.31 Å². The van der Waals surface area contributed by atoms with Crippen molar-refractivity contribution in [3.05, 3.63) is 84.2 Å². The molecule has 4 rings (SSSR count).